The minimum atomic E-state index is 0.785. The molecule has 0 saturated carbocycles. The SMILES string of the molecule is CN=C(NCCCc1nnc2n1CCCCC2)N1CCC(CC(C)C)C1. The van der Waals surface area contributed by atoms with Crippen molar-refractivity contribution < 1.29 is 0 Å². The van der Waals surface area contributed by atoms with E-state index in [1.807, 2.05) is 7.05 Å². The van der Waals surface area contributed by atoms with E-state index in [4.69, 9.17) is 0 Å². The van der Waals surface area contributed by atoms with Crippen LogP contribution in [-0.4, -0.2) is 52.3 Å². The lowest BCUT2D eigenvalue weighted by Crippen LogP contribution is -2.40. The maximum Gasteiger partial charge on any atom is 0.193 e. The zero-order valence-electron chi connectivity index (χ0n) is 16.9. The third kappa shape index (κ3) is 4.98. The van der Waals surface area contributed by atoms with Crippen molar-refractivity contribution in [2.45, 2.75) is 71.8 Å². The van der Waals surface area contributed by atoms with E-state index in [1.165, 1.54) is 37.9 Å². The van der Waals surface area contributed by atoms with Crippen LogP contribution in [-0.2, 0) is 19.4 Å². The quantitative estimate of drug-likeness (QED) is 0.481. The van der Waals surface area contributed by atoms with Gasteiger partial charge >= 0.3 is 0 Å². The normalized spacial score (nSPS) is 21.2. The number of hydrogen-bond acceptors (Lipinski definition) is 3. The van der Waals surface area contributed by atoms with Crippen LogP contribution in [0.4, 0.5) is 0 Å². The van der Waals surface area contributed by atoms with E-state index in [-0.39, 0.29) is 0 Å². The highest BCUT2D eigenvalue weighted by molar-refractivity contribution is 5.80. The molecule has 1 aromatic rings. The first-order valence-electron chi connectivity index (χ1n) is 10.5. The van der Waals surface area contributed by atoms with Gasteiger partial charge in [-0.2, -0.15) is 0 Å². The highest BCUT2D eigenvalue weighted by Crippen LogP contribution is 2.23. The summed E-state index contributed by atoms with van der Waals surface area (Å²) < 4.78 is 2.36. The van der Waals surface area contributed by atoms with Gasteiger partial charge in [-0.1, -0.05) is 20.3 Å². The predicted octanol–water partition coefficient (Wildman–Crippen LogP) is 2.88. The fourth-order valence-corrected chi connectivity index (χ4v) is 4.39. The number of guanidine groups is 1. The number of nitrogens with zero attached hydrogens (tertiary/aromatic N) is 5. The summed E-state index contributed by atoms with van der Waals surface area (Å²) in [4.78, 5) is 6.93. The van der Waals surface area contributed by atoms with Gasteiger partial charge in [0, 0.05) is 46.1 Å². The number of rotatable bonds is 6. The second-order valence-corrected chi connectivity index (χ2v) is 8.30. The monoisotopic (exact) mass is 360 g/mol. The number of aliphatic imine (C=N–C) groups is 1. The first kappa shape index (κ1) is 19.2. The largest absolute Gasteiger partial charge is 0.356 e. The molecule has 0 spiro atoms. The fourth-order valence-electron chi connectivity index (χ4n) is 4.39. The van der Waals surface area contributed by atoms with Gasteiger partial charge in [0.1, 0.15) is 11.6 Å². The van der Waals surface area contributed by atoms with Crippen LogP contribution in [0.5, 0.6) is 0 Å². The molecule has 0 aliphatic carbocycles. The summed E-state index contributed by atoms with van der Waals surface area (Å²) in [5.74, 6) is 5.02. The summed E-state index contributed by atoms with van der Waals surface area (Å²) in [5, 5.41) is 12.4. The molecule has 1 aromatic heterocycles. The van der Waals surface area contributed by atoms with E-state index in [1.54, 1.807) is 0 Å². The van der Waals surface area contributed by atoms with Crippen molar-refractivity contribution in [3.05, 3.63) is 11.6 Å². The summed E-state index contributed by atoms with van der Waals surface area (Å²) in [6, 6.07) is 0. The minimum Gasteiger partial charge on any atom is -0.356 e. The molecule has 0 aromatic carbocycles. The van der Waals surface area contributed by atoms with Crippen LogP contribution in [0.2, 0.25) is 0 Å². The van der Waals surface area contributed by atoms with Crippen molar-refractivity contribution in [3.63, 3.8) is 0 Å². The molecule has 3 heterocycles. The maximum atomic E-state index is 4.50. The second-order valence-electron chi connectivity index (χ2n) is 8.30. The lowest BCUT2D eigenvalue weighted by Gasteiger charge is -2.22. The fraction of sp³-hybridized carbons (Fsp3) is 0.850. The lowest BCUT2D eigenvalue weighted by atomic mass is 9.97. The predicted molar refractivity (Wildman–Crippen MR) is 106 cm³/mol. The summed E-state index contributed by atoms with van der Waals surface area (Å²) in [7, 11) is 1.90. The standard InChI is InChI=1S/C20H36N6/c1-16(2)14-17-10-13-25(15-17)20(21-3)22-11-7-9-19-24-23-18-8-5-4-6-12-26(18)19/h16-17H,4-15H2,1-3H3,(H,21,22). The molecule has 0 amide bonds. The van der Waals surface area contributed by atoms with Crippen LogP contribution >= 0.6 is 0 Å². The number of likely N-dealkylation sites (tertiary alicyclic amines) is 1. The number of nitrogens with one attached hydrogen (secondary N) is 1. The van der Waals surface area contributed by atoms with Crippen molar-refractivity contribution in [3.8, 4) is 0 Å². The van der Waals surface area contributed by atoms with Crippen LogP contribution in [0.3, 0.4) is 0 Å². The van der Waals surface area contributed by atoms with Crippen LogP contribution in [0, 0.1) is 11.8 Å². The molecular formula is C20H36N6. The number of aryl methyl sites for hydroxylation is 2. The summed E-state index contributed by atoms with van der Waals surface area (Å²) in [6.45, 7) is 8.96. The highest BCUT2D eigenvalue weighted by Gasteiger charge is 2.25. The molecule has 1 unspecified atom stereocenters. The van der Waals surface area contributed by atoms with Gasteiger partial charge in [-0.15, -0.1) is 10.2 Å². The van der Waals surface area contributed by atoms with Gasteiger partial charge in [-0.3, -0.25) is 4.99 Å². The number of fused-ring (bicyclic) bond motifs is 1. The zero-order chi connectivity index (χ0) is 18.4. The molecule has 0 bridgehead atoms. The third-order valence-electron chi connectivity index (χ3n) is 5.65. The molecule has 6 nitrogen and oxygen atoms in total. The molecule has 6 heteroatoms. The molecule has 2 aliphatic rings. The topological polar surface area (TPSA) is 58.3 Å². The Morgan fingerprint density at radius 3 is 2.92 bits per heavy atom. The molecule has 1 fully saturated rings. The Morgan fingerprint density at radius 2 is 2.12 bits per heavy atom. The average molecular weight is 361 g/mol. The van der Waals surface area contributed by atoms with Gasteiger partial charge in [0.2, 0.25) is 0 Å². The summed E-state index contributed by atoms with van der Waals surface area (Å²) in [6.07, 6.45) is 9.60. The molecule has 2 aliphatic heterocycles. The second kappa shape index (κ2) is 9.38. The molecule has 1 atom stereocenters. The van der Waals surface area contributed by atoms with Gasteiger partial charge in [-0.05, 0) is 43.9 Å². The Labute approximate surface area is 158 Å². The average Bonchev–Trinajstić information content (AvgIpc) is 3.15. The van der Waals surface area contributed by atoms with E-state index < -0.39 is 0 Å². The van der Waals surface area contributed by atoms with Crippen molar-refractivity contribution in [2.75, 3.05) is 26.7 Å². The van der Waals surface area contributed by atoms with E-state index >= 15 is 0 Å². The molecule has 26 heavy (non-hydrogen) atoms. The number of aromatic nitrogens is 3. The smallest absolute Gasteiger partial charge is 0.193 e. The van der Waals surface area contributed by atoms with Crippen LogP contribution in [0.25, 0.3) is 0 Å². The van der Waals surface area contributed by atoms with E-state index in [0.717, 1.165) is 69.1 Å². The number of hydrogen-bond donors (Lipinski definition) is 1. The van der Waals surface area contributed by atoms with Gasteiger partial charge in [0.25, 0.3) is 0 Å². The van der Waals surface area contributed by atoms with Gasteiger partial charge in [0.15, 0.2) is 5.96 Å². The van der Waals surface area contributed by atoms with E-state index in [0.29, 0.717) is 0 Å². The van der Waals surface area contributed by atoms with Crippen LogP contribution < -0.4 is 5.32 Å². The lowest BCUT2D eigenvalue weighted by molar-refractivity contribution is 0.403. The van der Waals surface area contributed by atoms with E-state index in [2.05, 4.69) is 43.8 Å². The molecule has 1 saturated heterocycles. The van der Waals surface area contributed by atoms with Gasteiger partial charge in [-0.25, -0.2) is 0 Å². The highest BCUT2D eigenvalue weighted by atomic mass is 15.3. The Bertz CT molecular complexity index is 591. The molecule has 1 N–H and O–H groups in total. The third-order valence-corrected chi connectivity index (χ3v) is 5.65. The minimum absolute atomic E-state index is 0.785. The molecule has 146 valence electrons. The first-order valence-corrected chi connectivity index (χ1v) is 10.5. The molecule has 0 radical (unpaired) electrons. The van der Waals surface area contributed by atoms with Crippen molar-refractivity contribution >= 4 is 5.96 Å². The van der Waals surface area contributed by atoms with E-state index in [9.17, 15) is 0 Å². The summed E-state index contributed by atoms with van der Waals surface area (Å²) >= 11 is 0. The molecule has 3 rings (SSSR count). The Kier molecular flexibility index (Phi) is 6.92. The maximum absolute atomic E-state index is 4.50. The van der Waals surface area contributed by atoms with Crippen molar-refractivity contribution in [2.24, 2.45) is 16.8 Å². The zero-order valence-corrected chi connectivity index (χ0v) is 16.9. The Hall–Kier alpha value is -1.59. The van der Waals surface area contributed by atoms with Gasteiger partial charge in [0.05, 0.1) is 0 Å². The van der Waals surface area contributed by atoms with Gasteiger partial charge < -0.3 is 14.8 Å². The van der Waals surface area contributed by atoms with Crippen molar-refractivity contribution in [1.82, 2.24) is 25.0 Å². The Balaban J connectivity index is 1.42. The van der Waals surface area contributed by atoms with Crippen LogP contribution in [0.1, 0.15) is 64.0 Å². The van der Waals surface area contributed by atoms with Crippen molar-refractivity contribution in [1.29, 1.82) is 0 Å². The molecular weight excluding hydrogens is 324 g/mol. The first-order chi connectivity index (χ1) is 12.7. The summed E-state index contributed by atoms with van der Waals surface area (Å²) in [5.41, 5.74) is 0. The Morgan fingerprint density at radius 1 is 1.23 bits per heavy atom. The van der Waals surface area contributed by atoms with Crippen LogP contribution in [0.15, 0.2) is 4.99 Å².